The number of hydrogen-bond donors (Lipinski definition) is 1. The molecular formula is C10H18BrNO2. The SMILES string of the molecule is O=C(CCBr)N(CCO)C1CCCC1. The summed E-state index contributed by atoms with van der Waals surface area (Å²) in [5.74, 6) is 0.169. The molecule has 1 saturated carbocycles. The lowest BCUT2D eigenvalue weighted by atomic mass is 10.2. The smallest absolute Gasteiger partial charge is 0.223 e. The highest BCUT2D eigenvalue weighted by atomic mass is 79.9. The van der Waals surface area contributed by atoms with Crippen molar-refractivity contribution in [1.82, 2.24) is 4.90 Å². The second-order valence-corrected chi connectivity index (χ2v) is 4.48. The van der Waals surface area contributed by atoms with Crippen molar-refractivity contribution in [2.75, 3.05) is 18.5 Å². The van der Waals surface area contributed by atoms with Crippen LogP contribution in [0.2, 0.25) is 0 Å². The molecule has 0 aromatic rings. The molecule has 4 heteroatoms. The molecule has 82 valence electrons. The first-order valence-corrected chi connectivity index (χ1v) is 6.38. The van der Waals surface area contributed by atoms with E-state index in [1.54, 1.807) is 0 Å². The summed E-state index contributed by atoms with van der Waals surface area (Å²) in [7, 11) is 0. The minimum atomic E-state index is 0.0739. The van der Waals surface area contributed by atoms with Gasteiger partial charge in [0.1, 0.15) is 0 Å². The average molecular weight is 264 g/mol. The monoisotopic (exact) mass is 263 g/mol. The number of carbonyl (C=O) groups excluding carboxylic acids is 1. The van der Waals surface area contributed by atoms with Crippen molar-refractivity contribution in [3.63, 3.8) is 0 Å². The van der Waals surface area contributed by atoms with Crippen LogP contribution < -0.4 is 0 Å². The van der Waals surface area contributed by atoms with Crippen LogP contribution in [-0.2, 0) is 4.79 Å². The Morgan fingerprint density at radius 2 is 2.07 bits per heavy atom. The van der Waals surface area contributed by atoms with Crippen LogP contribution in [0.1, 0.15) is 32.1 Å². The van der Waals surface area contributed by atoms with Gasteiger partial charge in [-0.3, -0.25) is 4.79 Å². The van der Waals surface area contributed by atoms with Gasteiger partial charge >= 0.3 is 0 Å². The van der Waals surface area contributed by atoms with Crippen molar-refractivity contribution in [3.8, 4) is 0 Å². The van der Waals surface area contributed by atoms with E-state index in [1.165, 1.54) is 12.8 Å². The van der Waals surface area contributed by atoms with Crippen LogP contribution in [0.25, 0.3) is 0 Å². The lowest BCUT2D eigenvalue weighted by Crippen LogP contribution is -2.40. The summed E-state index contributed by atoms with van der Waals surface area (Å²) in [4.78, 5) is 13.6. The number of hydrogen-bond acceptors (Lipinski definition) is 2. The average Bonchev–Trinajstić information content (AvgIpc) is 2.67. The zero-order chi connectivity index (χ0) is 10.4. The Bertz CT molecular complexity index is 181. The number of halogens is 1. The number of aliphatic hydroxyl groups excluding tert-OH is 1. The standard InChI is InChI=1S/C10H18BrNO2/c11-6-5-10(14)12(7-8-13)9-3-1-2-4-9/h9,13H,1-8H2. The molecule has 3 nitrogen and oxygen atoms in total. The maximum atomic E-state index is 11.7. The second kappa shape index (κ2) is 6.40. The van der Waals surface area contributed by atoms with Crippen LogP contribution in [0, 0.1) is 0 Å². The van der Waals surface area contributed by atoms with Crippen LogP contribution in [-0.4, -0.2) is 40.4 Å². The van der Waals surface area contributed by atoms with Gasteiger partial charge < -0.3 is 10.0 Å². The lowest BCUT2D eigenvalue weighted by Gasteiger charge is -2.28. The van der Waals surface area contributed by atoms with Gasteiger partial charge in [0.05, 0.1) is 6.61 Å². The fourth-order valence-electron chi connectivity index (χ4n) is 2.06. The van der Waals surface area contributed by atoms with E-state index in [4.69, 9.17) is 5.11 Å². The fraction of sp³-hybridized carbons (Fsp3) is 0.900. The summed E-state index contributed by atoms with van der Waals surface area (Å²) in [6, 6.07) is 0.383. The second-order valence-electron chi connectivity index (χ2n) is 3.69. The highest BCUT2D eigenvalue weighted by Crippen LogP contribution is 2.23. The number of nitrogens with zero attached hydrogens (tertiary/aromatic N) is 1. The molecule has 0 spiro atoms. The molecule has 1 aliphatic rings. The van der Waals surface area contributed by atoms with Crippen LogP contribution in [0.4, 0.5) is 0 Å². The molecule has 1 amide bonds. The van der Waals surface area contributed by atoms with Crippen molar-refractivity contribution >= 4 is 21.8 Å². The summed E-state index contributed by atoms with van der Waals surface area (Å²) in [5.41, 5.74) is 0. The Morgan fingerprint density at radius 1 is 1.43 bits per heavy atom. The van der Waals surface area contributed by atoms with Gasteiger partial charge in [0, 0.05) is 24.3 Å². The van der Waals surface area contributed by atoms with Crippen LogP contribution in [0.3, 0.4) is 0 Å². The van der Waals surface area contributed by atoms with Gasteiger partial charge in [-0.15, -0.1) is 0 Å². The van der Waals surface area contributed by atoms with E-state index < -0.39 is 0 Å². The molecule has 0 radical (unpaired) electrons. The Balaban J connectivity index is 2.48. The number of alkyl halides is 1. The lowest BCUT2D eigenvalue weighted by molar-refractivity contribution is -0.133. The minimum absolute atomic E-state index is 0.0739. The molecular weight excluding hydrogens is 246 g/mol. The third kappa shape index (κ3) is 3.24. The number of amides is 1. The molecule has 0 aliphatic heterocycles. The zero-order valence-corrected chi connectivity index (χ0v) is 10.0. The Hall–Kier alpha value is -0.0900. The minimum Gasteiger partial charge on any atom is -0.395 e. The summed E-state index contributed by atoms with van der Waals surface area (Å²) < 4.78 is 0. The molecule has 1 rings (SSSR count). The Kier molecular flexibility index (Phi) is 5.48. The number of aliphatic hydroxyl groups is 1. The van der Waals surface area contributed by atoms with E-state index in [9.17, 15) is 4.79 Å². The first-order valence-electron chi connectivity index (χ1n) is 5.26. The van der Waals surface area contributed by atoms with E-state index in [-0.39, 0.29) is 12.5 Å². The van der Waals surface area contributed by atoms with Gasteiger partial charge in [0.2, 0.25) is 5.91 Å². The third-order valence-corrected chi connectivity index (χ3v) is 3.13. The largest absolute Gasteiger partial charge is 0.395 e. The van der Waals surface area contributed by atoms with Crippen LogP contribution in [0.5, 0.6) is 0 Å². The van der Waals surface area contributed by atoms with Gasteiger partial charge in [0.15, 0.2) is 0 Å². The predicted molar refractivity (Wildman–Crippen MR) is 59.5 cm³/mol. The van der Waals surface area contributed by atoms with Crippen molar-refractivity contribution < 1.29 is 9.90 Å². The number of carbonyl (C=O) groups is 1. The van der Waals surface area contributed by atoms with Crippen molar-refractivity contribution in [2.24, 2.45) is 0 Å². The van der Waals surface area contributed by atoms with Gasteiger partial charge in [-0.25, -0.2) is 0 Å². The summed E-state index contributed by atoms with van der Waals surface area (Å²) in [6.07, 6.45) is 5.18. The molecule has 0 aromatic carbocycles. The summed E-state index contributed by atoms with van der Waals surface area (Å²) >= 11 is 3.27. The highest BCUT2D eigenvalue weighted by Gasteiger charge is 2.25. The highest BCUT2D eigenvalue weighted by molar-refractivity contribution is 9.09. The van der Waals surface area contributed by atoms with Gasteiger partial charge in [-0.05, 0) is 12.8 Å². The quantitative estimate of drug-likeness (QED) is 0.765. The molecule has 0 atom stereocenters. The summed E-state index contributed by atoms with van der Waals surface area (Å²) in [6.45, 7) is 0.570. The van der Waals surface area contributed by atoms with E-state index in [0.717, 1.165) is 12.8 Å². The summed E-state index contributed by atoms with van der Waals surface area (Å²) in [5, 5.41) is 9.62. The van der Waals surface area contributed by atoms with Gasteiger partial charge in [0.25, 0.3) is 0 Å². The van der Waals surface area contributed by atoms with Crippen molar-refractivity contribution in [3.05, 3.63) is 0 Å². The topological polar surface area (TPSA) is 40.5 Å². The molecule has 0 saturated heterocycles. The maximum absolute atomic E-state index is 11.7. The molecule has 0 bridgehead atoms. The molecule has 1 N–H and O–H groups in total. The molecule has 1 fully saturated rings. The molecule has 0 unspecified atom stereocenters. The molecule has 1 aliphatic carbocycles. The predicted octanol–water partition coefficient (Wildman–Crippen LogP) is 1.53. The van der Waals surface area contributed by atoms with E-state index in [0.29, 0.717) is 24.3 Å². The molecule has 0 heterocycles. The van der Waals surface area contributed by atoms with Crippen molar-refractivity contribution in [2.45, 2.75) is 38.1 Å². The maximum Gasteiger partial charge on any atom is 0.223 e. The first kappa shape index (κ1) is 12.0. The van der Waals surface area contributed by atoms with Crippen LogP contribution in [0.15, 0.2) is 0 Å². The zero-order valence-electron chi connectivity index (χ0n) is 8.41. The van der Waals surface area contributed by atoms with E-state index >= 15 is 0 Å². The van der Waals surface area contributed by atoms with Gasteiger partial charge in [-0.2, -0.15) is 0 Å². The van der Waals surface area contributed by atoms with E-state index in [2.05, 4.69) is 15.9 Å². The van der Waals surface area contributed by atoms with Crippen LogP contribution >= 0.6 is 15.9 Å². The van der Waals surface area contributed by atoms with Gasteiger partial charge in [-0.1, -0.05) is 28.8 Å². The molecule has 0 aromatic heterocycles. The van der Waals surface area contributed by atoms with E-state index in [1.807, 2.05) is 4.90 Å². The third-order valence-electron chi connectivity index (χ3n) is 2.74. The molecule has 14 heavy (non-hydrogen) atoms. The Morgan fingerprint density at radius 3 is 2.57 bits per heavy atom. The fourth-order valence-corrected chi connectivity index (χ4v) is 2.40. The normalized spacial score (nSPS) is 17.3. The Labute approximate surface area is 93.6 Å². The first-order chi connectivity index (χ1) is 6.79. The number of rotatable bonds is 5. The van der Waals surface area contributed by atoms with Crippen molar-refractivity contribution in [1.29, 1.82) is 0 Å².